The van der Waals surface area contributed by atoms with Gasteiger partial charge in [0.1, 0.15) is 0 Å². The fourth-order valence-corrected chi connectivity index (χ4v) is 4.33. The third-order valence-electron chi connectivity index (χ3n) is 5.50. The van der Waals surface area contributed by atoms with E-state index in [0.717, 1.165) is 12.5 Å². The van der Waals surface area contributed by atoms with E-state index in [2.05, 4.69) is 11.8 Å². The summed E-state index contributed by atoms with van der Waals surface area (Å²) in [5, 5.41) is 0. The monoisotopic (exact) mass is 268 g/mol. The van der Waals surface area contributed by atoms with Crippen LogP contribution in [0.2, 0.25) is 0 Å². The molecule has 0 spiro atoms. The molecule has 2 atom stereocenters. The minimum atomic E-state index is 0.129. The van der Waals surface area contributed by atoms with E-state index in [1.807, 2.05) is 7.11 Å². The summed E-state index contributed by atoms with van der Waals surface area (Å²) in [6.07, 6.45) is 10.8. The van der Waals surface area contributed by atoms with E-state index in [0.29, 0.717) is 6.10 Å². The molecule has 2 N–H and O–H groups in total. The number of ether oxygens (including phenoxy) is 1. The summed E-state index contributed by atoms with van der Waals surface area (Å²) in [5.74, 6) is 0.945. The molecule has 0 aromatic heterocycles. The summed E-state index contributed by atoms with van der Waals surface area (Å²) in [5.41, 5.74) is 6.34. The lowest BCUT2D eigenvalue weighted by Gasteiger charge is -2.52. The van der Waals surface area contributed by atoms with Gasteiger partial charge in [0, 0.05) is 13.7 Å². The van der Waals surface area contributed by atoms with Crippen LogP contribution in [-0.2, 0) is 4.74 Å². The molecule has 2 rings (SSSR count). The first-order valence-corrected chi connectivity index (χ1v) is 8.24. The van der Waals surface area contributed by atoms with Crippen molar-refractivity contribution in [1.82, 2.24) is 4.90 Å². The van der Waals surface area contributed by atoms with Gasteiger partial charge in [0.2, 0.25) is 0 Å². The predicted molar refractivity (Wildman–Crippen MR) is 80.3 cm³/mol. The van der Waals surface area contributed by atoms with E-state index in [9.17, 15) is 0 Å². The highest BCUT2D eigenvalue weighted by molar-refractivity contribution is 5.02. The van der Waals surface area contributed by atoms with Crippen molar-refractivity contribution in [1.29, 1.82) is 0 Å². The predicted octanol–water partition coefficient (Wildman–Crippen LogP) is 2.79. The highest BCUT2D eigenvalue weighted by Crippen LogP contribution is 2.37. The third kappa shape index (κ3) is 3.14. The lowest BCUT2D eigenvalue weighted by molar-refractivity contribution is -0.0857. The molecule has 0 amide bonds. The van der Waals surface area contributed by atoms with Crippen molar-refractivity contribution >= 4 is 0 Å². The average Bonchev–Trinajstić information content (AvgIpc) is 2.48. The van der Waals surface area contributed by atoms with Crippen LogP contribution in [0.25, 0.3) is 0 Å². The minimum absolute atomic E-state index is 0.129. The Morgan fingerprint density at radius 1 is 1.21 bits per heavy atom. The van der Waals surface area contributed by atoms with E-state index in [1.54, 1.807) is 0 Å². The van der Waals surface area contributed by atoms with Crippen LogP contribution < -0.4 is 5.73 Å². The number of nitrogens with zero attached hydrogens (tertiary/aromatic N) is 1. The smallest absolute Gasteiger partial charge is 0.0767 e. The molecule has 19 heavy (non-hydrogen) atoms. The maximum atomic E-state index is 6.21. The van der Waals surface area contributed by atoms with Crippen molar-refractivity contribution in [2.45, 2.75) is 69.9 Å². The normalized spacial score (nSPS) is 34.6. The Morgan fingerprint density at radius 2 is 1.95 bits per heavy atom. The van der Waals surface area contributed by atoms with Gasteiger partial charge in [-0.3, -0.25) is 4.90 Å². The fourth-order valence-electron chi connectivity index (χ4n) is 4.33. The van der Waals surface area contributed by atoms with Crippen molar-refractivity contribution < 1.29 is 4.74 Å². The summed E-state index contributed by atoms with van der Waals surface area (Å²) in [6, 6.07) is 0. The van der Waals surface area contributed by atoms with Crippen LogP contribution >= 0.6 is 0 Å². The molecule has 3 heteroatoms. The molecule has 1 aliphatic carbocycles. The van der Waals surface area contributed by atoms with E-state index < -0.39 is 0 Å². The Bertz CT molecular complexity index is 263. The number of likely N-dealkylation sites (tertiary alicyclic amines) is 1. The Morgan fingerprint density at radius 3 is 2.53 bits per heavy atom. The van der Waals surface area contributed by atoms with Crippen molar-refractivity contribution in [3.8, 4) is 0 Å². The molecule has 2 fully saturated rings. The largest absolute Gasteiger partial charge is 0.379 e. The summed E-state index contributed by atoms with van der Waals surface area (Å²) in [7, 11) is 1.87. The van der Waals surface area contributed by atoms with Crippen LogP contribution in [0.3, 0.4) is 0 Å². The SMILES string of the molecule is CCCC1CCN(C2(CN)CCCCC2OC)CC1. The summed E-state index contributed by atoms with van der Waals surface area (Å²) < 4.78 is 5.80. The molecule has 2 unspecified atom stereocenters. The van der Waals surface area contributed by atoms with E-state index in [1.165, 1.54) is 64.5 Å². The molecule has 1 saturated carbocycles. The topological polar surface area (TPSA) is 38.5 Å². The molecule has 0 radical (unpaired) electrons. The Balaban J connectivity index is 2.01. The lowest BCUT2D eigenvalue weighted by Crippen LogP contribution is -2.64. The zero-order valence-electron chi connectivity index (χ0n) is 12.9. The van der Waals surface area contributed by atoms with Gasteiger partial charge in [0.25, 0.3) is 0 Å². The van der Waals surface area contributed by atoms with Gasteiger partial charge in [0.15, 0.2) is 0 Å². The van der Waals surface area contributed by atoms with E-state index in [-0.39, 0.29) is 5.54 Å². The van der Waals surface area contributed by atoms with Crippen LogP contribution in [0, 0.1) is 5.92 Å². The zero-order chi connectivity index (χ0) is 13.7. The quantitative estimate of drug-likeness (QED) is 0.833. The number of hydrogen-bond acceptors (Lipinski definition) is 3. The van der Waals surface area contributed by atoms with Crippen LogP contribution in [0.1, 0.15) is 58.3 Å². The fraction of sp³-hybridized carbons (Fsp3) is 1.00. The molecule has 2 aliphatic rings. The van der Waals surface area contributed by atoms with Crippen molar-refractivity contribution in [3.63, 3.8) is 0 Å². The van der Waals surface area contributed by atoms with Crippen LogP contribution in [-0.4, -0.2) is 43.3 Å². The second-order valence-corrected chi connectivity index (χ2v) is 6.50. The van der Waals surface area contributed by atoms with Gasteiger partial charge >= 0.3 is 0 Å². The van der Waals surface area contributed by atoms with Crippen molar-refractivity contribution in [2.75, 3.05) is 26.7 Å². The number of piperidine rings is 1. The van der Waals surface area contributed by atoms with Gasteiger partial charge in [0.05, 0.1) is 11.6 Å². The average molecular weight is 268 g/mol. The first kappa shape index (κ1) is 15.3. The Hall–Kier alpha value is -0.120. The lowest BCUT2D eigenvalue weighted by atomic mass is 9.76. The summed E-state index contributed by atoms with van der Waals surface area (Å²) in [4.78, 5) is 2.67. The van der Waals surface area contributed by atoms with Gasteiger partial charge in [-0.1, -0.05) is 32.6 Å². The Labute approximate surface area is 118 Å². The van der Waals surface area contributed by atoms with Crippen LogP contribution in [0.15, 0.2) is 0 Å². The molecule has 0 aromatic rings. The van der Waals surface area contributed by atoms with Crippen LogP contribution in [0.4, 0.5) is 0 Å². The molecule has 112 valence electrons. The first-order chi connectivity index (χ1) is 9.26. The molecular formula is C16H32N2O. The van der Waals surface area contributed by atoms with Crippen molar-refractivity contribution in [2.24, 2.45) is 11.7 Å². The van der Waals surface area contributed by atoms with Gasteiger partial charge in [-0.2, -0.15) is 0 Å². The standard InChI is InChI=1S/C16H32N2O/c1-3-6-14-8-11-18(12-9-14)16(13-17)10-5-4-7-15(16)19-2/h14-15H,3-13,17H2,1-2H3. The van der Waals surface area contributed by atoms with Crippen LogP contribution in [0.5, 0.6) is 0 Å². The van der Waals surface area contributed by atoms with Gasteiger partial charge in [-0.05, 0) is 44.7 Å². The summed E-state index contributed by atoms with van der Waals surface area (Å²) >= 11 is 0. The highest BCUT2D eigenvalue weighted by atomic mass is 16.5. The van der Waals surface area contributed by atoms with Crippen molar-refractivity contribution in [3.05, 3.63) is 0 Å². The molecule has 0 bridgehead atoms. The highest BCUT2D eigenvalue weighted by Gasteiger charge is 2.45. The number of methoxy groups -OCH3 is 1. The molecule has 1 saturated heterocycles. The zero-order valence-corrected chi connectivity index (χ0v) is 12.9. The Kier molecular flexibility index (Phi) is 5.67. The van der Waals surface area contributed by atoms with Gasteiger partial charge in [-0.25, -0.2) is 0 Å². The number of nitrogens with two attached hydrogens (primary N) is 1. The maximum absolute atomic E-state index is 6.21. The van der Waals surface area contributed by atoms with E-state index in [4.69, 9.17) is 10.5 Å². The first-order valence-electron chi connectivity index (χ1n) is 8.24. The molecule has 3 nitrogen and oxygen atoms in total. The number of hydrogen-bond donors (Lipinski definition) is 1. The maximum Gasteiger partial charge on any atom is 0.0767 e. The van der Waals surface area contributed by atoms with E-state index >= 15 is 0 Å². The molecule has 1 heterocycles. The second-order valence-electron chi connectivity index (χ2n) is 6.50. The summed E-state index contributed by atoms with van der Waals surface area (Å²) in [6.45, 7) is 5.50. The minimum Gasteiger partial charge on any atom is -0.379 e. The second kappa shape index (κ2) is 7.05. The molecule has 0 aromatic carbocycles. The molecular weight excluding hydrogens is 236 g/mol. The third-order valence-corrected chi connectivity index (χ3v) is 5.50. The molecule has 1 aliphatic heterocycles. The van der Waals surface area contributed by atoms with Gasteiger partial charge in [-0.15, -0.1) is 0 Å². The number of rotatable bonds is 5. The van der Waals surface area contributed by atoms with Gasteiger partial charge < -0.3 is 10.5 Å².